The monoisotopic (exact) mass is 313 g/mol. The van der Waals surface area contributed by atoms with Crippen LogP contribution < -0.4 is 5.56 Å². The molecular formula is C18H23N3O2. The highest BCUT2D eigenvalue weighted by Crippen LogP contribution is 2.16. The molecule has 1 fully saturated rings. The number of nitrogens with zero attached hydrogens (tertiary/aromatic N) is 2. The summed E-state index contributed by atoms with van der Waals surface area (Å²) >= 11 is 0. The fraction of sp³-hybridized carbons (Fsp3) is 0.444. The number of aryl methyl sites for hydroxylation is 1. The van der Waals surface area contributed by atoms with Gasteiger partial charge in [-0.1, -0.05) is 24.3 Å². The third-order valence-electron chi connectivity index (χ3n) is 4.31. The first-order chi connectivity index (χ1) is 11.2. The number of benzene rings is 1. The van der Waals surface area contributed by atoms with Crippen molar-refractivity contribution in [2.24, 2.45) is 5.92 Å². The molecule has 0 spiro atoms. The maximum absolute atomic E-state index is 11.4. The van der Waals surface area contributed by atoms with E-state index in [1.807, 2.05) is 0 Å². The predicted octanol–water partition coefficient (Wildman–Crippen LogP) is 1.77. The van der Waals surface area contributed by atoms with Gasteiger partial charge in [-0.05, 0) is 24.5 Å². The Morgan fingerprint density at radius 3 is 3.09 bits per heavy atom. The standard InChI is InChI=1S/C18H23N3O2/c1-14-4-2-3-5-16(14)11-21-6-7-23-12-15(10-21)8-17-9-18(22)20-13-19-17/h2-5,9,13,15H,6-8,10-12H2,1H3,(H,19,20,22). The number of aromatic nitrogens is 2. The zero-order valence-corrected chi connectivity index (χ0v) is 13.5. The molecule has 1 N–H and O–H groups in total. The Morgan fingerprint density at radius 1 is 1.39 bits per heavy atom. The van der Waals surface area contributed by atoms with Crippen LogP contribution in [0.15, 0.2) is 41.5 Å². The van der Waals surface area contributed by atoms with Crippen molar-refractivity contribution >= 4 is 0 Å². The second-order valence-corrected chi connectivity index (χ2v) is 6.21. The fourth-order valence-corrected chi connectivity index (χ4v) is 3.06. The average molecular weight is 313 g/mol. The van der Waals surface area contributed by atoms with Gasteiger partial charge in [0.05, 0.1) is 19.5 Å². The first kappa shape index (κ1) is 15.9. The third kappa shape index (κ3) is 4.50. The molecule has 1 aliphatic heterocycles. The van der Waals surface area contributed by atoms with Crippen molar-refractivity contribution in [2.45, 2.75) is 19.9 Å². The van der Waals surface area contributed by atoms with E-state index >= 15 is 0 Å². The molecule has 1 aromatic carbocycles. The van der Waals surface area contributed by atoms with Gasteiger partial charge in [0, 0.05) is 37.3 Å². The molecule has 1 unspecified atom stereocenters. The summed E-state index contributed by atoms with van der Waals surface area (Å²) in [7, 11) is 0. The third-order valence-corrected chi connectivity index (χ3v) is 4.31. The normalized spacial score (nSPS) is 19.4. The van der Waals surface area contributed by atoms with Crippen molar-refractivity contribution in [3.05, 3.63) is 63.8 Å². The van der Waals surface area contributed by atoms with E-state index in [-0.39, 0.29) is 5.56 Å². The van der Waals surface area contributed by atoms with Gasteiger partial charge in [0.1, 0.15) is 0 Å². The summed E-state index contributed by atoms with van der Waals surface area (Å²) in [5.74, 6) is 0.357. The molecular weight excluding hydrogens is 290 g/mol. The Hall–Kier alpha value is -1.98. The lowest BCUT2D eigenvalue weighted by Gasteiger charge is -2.24. The Bertz CT molecular complexity index is 698. The minimum absolute atomic E-state index is 0.0960. The molecule has 1 aliphatic rings. The zero-order valence-electron chi connectivity index (χ0n) is 13.5. The van der Waals surface area contributed by atoms with Gasteiger partial charge in [-0.25, -0.2) is 4.98 Å². The van der Waals surface area contributed by atoms with Gasteiger partial charge in [0.15, 0.2) is 0 Å². The Morgan fingerprint density at radius 2 is 2.26 bits per heavy atom. The molecule has 0 amide bonds. The Kier molecular flexibility index (Phi) is 5.20. The minimum Gasteiger partial charge on any atom is -0.380 e. The van der Waals surface area contributed by atoms with Crippen LogP contribution in [0.4, 0.5) is 0 Å². The van der Waals surface area contributed by atoms with Gasteiger partial charge < -0.3 is 9.72 Å². The summed E-state index contributed by atoms with van der Waals surface area (Å²) < 4.78 is 5.75. The minimum atomic E-state index is -0.0960. The molecule has 0 radical (unpaired) electrons. The molecule has 1 saturated heterocycles. The summed E-state index contributed by atoms with van der Waals surface area (Å²) in [4.78, 5) is 20.7. The first-order valence-electron chi connectivity index (χ1n) is 8.09. The lowest BCUT2D eigenvalue weighted by Crippen LogP contribution is -2.31. The van der Waals surface area contributed by atoms with Crippen molar-refractivity contribution in [1.82, 2.24) is 14.9 Å². The Balaban J connectivity index is 1.66. The molecule has 5 nitrogen and oxygen atoms in total. The average Bonchev–Trinajstić information content (AvgIpc) is 2.75. The van der Waals surface area contributed by atoms with Crippen LogP contribution >= 0.6 is 0 Å². The second kappa shape index (κ2) is 7.53. The number of hydrogen-bond donors (Lipinski definition) is 1. The van der Waals surface area contributed by atoms with Crippen LogP contribution in [0.3, 0.4) is 0 Å². The molecule has 5 heteroatoms. The number of ether oxygens (including phenoxy) is 1. The van der Waals surface area contributed by atoms with Gasteiger partial charge in [-0.3, -0.25) is 9.69 Å². The topological polar surface area (TPSA) is 58.2 Å². The van der Waals surface area contributed by atoms with E-state index in [1.54, 1.807) is 6.07 Å². The van der Waals surface area contributed by atoms with Gasteiger partial charge >= 0.3 is 0 Å². The second-order valence-electron chi connectivity index (χ2n) is 6.21. The van der Waals surface area contributed by atoms with Crippen LogP contribution in [0, 0.1) is 12.8 Å². The lowest BCUT2D eigenvalue weighted by atomic mass is 10.0. The van der Waals surface area contributed by atoms with Crippen molar-refractivity contribution in [3.8, 4) is 0 Å². The molecule has 2 aromatic rings. The van der Waals surface area contributed by atoms with Crippen LogP contribution in [-0.2, 0) is 17.7 Å². The first-order valence-corrected chi connectivity index (χ1v) is 8.09. The van der Waals surface area contributed by atoms with Crippen molar-refractivity contribution in [2.75, 3.05) is 26.3 Å². The van der Waals surface area contributed by atoms with E-state index < -0.39 is 0 Å². The zero-order chi connectivity index (χ0) is 16.1. The van der Waals surface area contributed by atoms with Crippen LogP contribution in [-0.4, -0.2) is 41.2 Å². The van der Waals surface area contributed by atoms with Crippen LogP contribution in [0.1, 0.15) is 16.8 Å². The number of nitrogens with one attached hydrogen (secondary N) is 1. The Labute approximate surface area is 136 Å². The van der Waals surface area contributed by atoms with E-state index in [1.165, 1.54) is 17.5 Å². The lowest BCUT2D eigenvalue weighted by molar-refractivity contribution is 0.121. The molecule has 122 valence electrons. The smallest absolute Gasteiger partial charge is 0.250 e. The summed E-state index contributed by atoms with van der Waals surface area (Å²) in [6, 6.07) is 10.1. The van der Waals surface area contributed by atoms with E-state index in [0.717, 1.165) is 45.0 Å². The van der Waals surface area contributed by atoms with Crippen LogP contribution in [0.2, 0.25) is 0 Å². The van der Waals surface area contributed by atoms with Crippen molar-refractivity contribution < 1.29 is 4.74 Å². The summed E-state index contributed by atoms with van der Waals surface area (Å²) in [6.45, 7) is 6.47. The maximum Gasteiger partial charge on any atom is 0.250 e. The number of hydrogen-bond acceptors (Lipinski definition) is 4. The van der Waals surface area contributed by atoms with Crippen LogP contribution in [0.5, 0.6) is 0 Å². The highest BCUT2D eigenvalue weighted by molar-refractivity contribution is 5.25. The summed E-state index contributed by atoms with van der Waals surface area (Å²) in [5.41, 5.74) is 3.43. The summed E-state index contributed by atoms with van der Waals surface area (Å²) in [5, 5.41) is 0. The highest BCUT2D eigenvalue weighted by Gasteiger charge is 2.20. The van der Waals surface area contributed by atoms with Gasteiger partial charge in [0.25, 0.3) is 5.56 Å². The van der Waals surface area contributed by atoms with Gasteiger partial charge in [-0.15, -0.1) is 0 Å². The van der Waals surface area contributed by atoms with E-state index in [2.05, 4.69) is 46.1 Å². The fourth-order valence-electron chi connectivity index (χ4n) is 3.06. The molecule has 1 aromatic heterocycles. The SMILES string of the molecule is Cc1ccccc1CN1CCOCC(Cc2cc(=O)[nH]cn2)C1. The van der Waals surface area contributed by atoms with Gasteiger partial charge in [-0.2, -0.15) is 0 Å². The molecule has 2 heterocycles. The van der Waals surface area contributed by atoms with Gasteiger partial charge in [0.2, 0.25) is 0 Å². The number of H-pyrrole nitrogens is 1. The highest BCUT2D eigenvalue weighted by atomic mass is 16.5. The van der Waals surface area contributed by atoms with Crippen molar-refractivity contribution in [1.29, 1.82) is 0 Å². The molecule has 3 rings (SSSR count). The molecule has 23 heavy (non-hydrogen) atoms. The number of aromatic amines is 1. The predicted molar refractivity (Wildman–Crippen MR) is 89.3 cm³/mol. The molecule has 0 aliphatic carbocycles. The largest absolute Gasteiger partial charge is 0.380 e. The van der Waals surface area contributed by atoms with E-state index in [9.17, 15) is 4.79 Å². The van der Waals surface area contributed by atoms with Crippen LogP contribution in [0.25, 0.3) is 0 Å². The van der Waals surface area contributed by atoms with E-state index in [0.29, 0.717) is 5.92 Å². The molecule has 0 saturated carbocycles. The van der Waals surface area contributed by atoms with E-state index in [4.69, 9.17) is 4.74 Å². The molecule has 0 bridgehead atoms. The maximum atomic E-state index is 11.4. The number of rotatable bonds is 4. The summed E-state index contributed by atoms with van der Waals surface area (Å²) in [6.07, 6.45) is 2.24. The van der Waals surface area contributed by atoms with Crippen molar-refractivity contribution in [3.63, 3.8) is 0 Å². The quantitative estimate of drug-likeness (QED) is 0.934. The molecule has 1 atom stereocenters.